The van der Waals surface area contributed by atoms with Crippen molar-refractivity contribution >= 4 is 39.0 Å². The van der Waals surface area contributed by atoms with Crippen molar-refractivity contribution < 1.29 is 18.4 Å². The molecule has 0 unspecified atom stereocenters. The molecule has 3 aromatic heterocycles. The smallest absolute Gasteiger partial charge is 0.375 e. The predicted octanol–water partition coefficient (Wildman–Crippen LogP) is 5.92. The van der Waals surface area contributed by atoms with Crippen molar-refractivity contribution in [1.29, 1.82) is 0 Å². The van der Waals surface area contributed by atoms with E-state index >= 15 is 0 Å². The summed E-state index contributed by atoms with van der Waals surface area (Å²) in [6.45, 7) is 3.54. The summed E-state index contributed by atoms with van der Waals surface area (Å²) < 4.78 is 17.1. The van der Waals surface area contributed by atoms with Gasteiger partial charge in [-0.05, 0) is 30.7 Å². The number of benzene rings is 2. The molecule has 5 rings (SSSR count). The van der Waals surface area contributed by atoms with Crippen LogP contribution in [0.25, 0.3) is 32.5 Å². The number of nitrogens with zero attached hydrogens (tertiary/aromatic N) is 2. The Kier molecular flexibility index (Phi) is 4.17. The van der Waals surface area contributed by atoms with Gasteiger partial charge in [0.1, 0.15) is 5.58 Å². The van der Waals surface area contributed by atoms with Gasteiger partial charge >= 0.3 is 5.97 Å². The van der Waals surface area contributed by atoms with E-state index in [-0.39, 0.29) is 11.7 Å². The maximum Gasteiger partial charge on any atom is 0.375 e. The number of esters is 1. The van der Waals surface area contributed by atoms with Gasteiger partial charge in [-0.2, -0.15) is 0 Å². The Hall–Kier alpha value is -3.45. The molecule has 3 heterocycles. The van der Waals surface area contributed by atoms with Gasteiger partial charge < -0.3 is 13.6 Å². The number of carbonyl (C=O) groups excluding carboxylic acids is 1. The molecule has 0 aliphatic rings. The Bertz CT molecular complexity index is 1330. The van der Waals surface area contributed by atoms with Crippen LogP contribution in [0.3, 0.4) is 0 Å². The molecule has 0 radical (unpaired) electrons. The number of rotatable bonds is 4. The van der Waals surface area contributed by atoms with Crippen LogP contribution < -0.4 is 0 Å². The van der Waals surface area contributed by atoms with Crippen LogP contribution in [0.2, 0.25) is 0 Å². The second kappa shape index (κ2) is 6.86. The van der Waals surface area contributed by atoms with Crippen molar-refractivity contribution in [3.8, 4) is 10.8 Å². The van der Waals surface area contributed by atoms with Gasteiger partial charge in [0.15, 0.2) is 6.10 Å². The summed E-state index contributed by atoms with van der Waals surface area (Å²) in [6, 6.07) is 15.7. The zero-order chi connectivity index (χ0) is 20.0. The highest BCUT2D eigenvalue weighted by Crippen LogP contribution is 2.33. The van der Waals surface area contributed by atoms with Crippen molar-refractivity contribution in [3.05, 3.63) is 71.1 Å². The molecule has 7 heteroatoms. The van der Waals surface area contributed by atoms with Crippen molar-refractivity contribution in [1.82, 2.24) is 10.2 Å². The first-order valence-electron chi connectivity index (χ1n) is 9.11. The van der Waals surface area contributed by atoms with Crippen molar-refractivity contribution in [2.45, 2.75) is 20.0 Å². The number of thiophene rings is 1. The lowest BCUT2D eigenvalue weighted by atomic mass is 10.1. The monoisotopic (exact) mass is 404 g/mol. The topological polar surface area (TPSA) is 78.4 Å². The van der Waals surface area contributed by atoms with E-state index in [1.807, 2.05) is 60.8 Å². The van der Waals surface area contributed by atoms with Gasteiger partial charge in [0.05, 0.1) is 4.88 Å². The average Bonchev–Trinajstić information content (AvgIpc) is 3.47. The molecule has 5 aromatic rings. The highest BCUT2D eigenvalue weighted by atomic mass is 32.1. The molecule has 0 aliphatic heterocycles. The van der Waals surface area contributed by atoms with Gasteiger partial charge in [-0.25, -0.2) is 4.79 Å². The Morgan fingerprint density at radius 3 is 2.72 bits per heavy atom. The third kappa shape index (κ3) is 3.00. The average molecular weight is 404 g/mol. The van der Waals surface area contributed by atoms with E-state index in [2.05, 4.69) is 10.2 Å². The highest BCUT2D eigenvalue weighted by molar-refractivity contribution is 7.13. The van der Waals surface area contributed by atoms with E-state index in [0.29, 0.717) is 11.5 Å². The third-order valence-corrected chi connectivity index (χ3v) is 5.68. The maximum atomic E-state index is 12.8. The number of furan rings is 1. The minimum atomic E-state index is -0.701. The quantitative estimate of drug-likeness (QED) is 0.346. The highest BCUT2D eigenvalue weighted by Gasteiger charge is 2.25. The van der Waals surface area contributed by atoms with Crippen LogP contribution in [0.4, 0.5) is 0 Å². The molecule has 1 atom stereocenters. The number of aromatic nitrogens is 2. The number of hydrogen-bond acceptors (Lipinski definition) is 7. The van der Waals surface area contributed by atoms with Crippen molar-refractivity contribution in [2.24, 2.45) is 0 Å². The van der Waals surface area contributed by atoms with Gasteiger partial charge in [0.25, 0.3) is 11.8 Å². The van der Waals surface area contributed by atoms with Gasteiger partial charge in [-0.1, -0.05) is 42.5 Å². The lowest BCUT2D eigenvalue weighted by Crippen LogP contribution is -2.09. The van der Waals surface area contributed by atoms with Crippen LogP contribution in [0.5, 0.6) is 0 Å². The molecule has 0 amide bonds. The number of fused-ring (bicyclic) bond motifs is 3. The molecule has 0 bridgehead atoms. The Morgan fingerprint density at radius 2 is 1.90 bits per heavy atom. The summed E-state index contributed by atoms with van der Waals surface area (Å²) in [4.78, 5) is 13.6. The minimum Gasteiger partial charge on any atom is -0.448 e. The molecule has 0 aliphatic carbocycles. The van der Waals surface area contributed by atoms with E-state index in [1.165, 1.54) is 11.3 Å². The summed E-state index contributed by atoms with van der Waals surface area (Å²) in [5.41, 5.74) is 1.42. The normalized spacial score (nSPS) is 12.5. The van der Waals surface area contributed by atoms with Crippen molar-refractivity contribution in [2.75, 3.05) is 0 Å². The fourth-order valence-corrected chi connectivity index (χ4v) is 3.95. The fraction of sp³-hybridized carbons (Fsp3) is 0.136. The molecular weight excluding hydrogens is 388 g/mol. The van der Waals surface area contributed by atoms with Crippen molar-refractivity contribution in [3.63, 3.8) is 0 Å². The van der Waals surface area contributed by atoms with Crippen LogP contribution in [-0.4, -0.2) is 16.2 Å². The molecule has 29 heavy (non-hydrogen) atoms. The van der Waals surface area contributed by atoms with Crippen LogP contribution in [0.15, 0.2) is 62.7 Å². The maximum absolute atomic E-state index is 12.8. The van der Waals surface area contributed by atoms with Gasteiger partial charge in [-0.3, -0.25) is 0 Å². The Balaban J connectivity index is 1.44. The zero-order valence-electron chi connectivity index (χ0n) is 15.7. The summed E-state index contributed by atoms with van der Waals surface area (Å²) >= 11 is 1.50. The third-order valence-electron chi connectivity index (χ3n) is 4.82. The van der Waals surface area contributed by atoms with Crippen LogP contribution in [-0.2, 0) is 4.74 Å². The largest absolute Gasteiger partial charge is 0.448 e. The molecule has 6 nitrogen and oxygen atoms in total. The summed E-state index contributed by atoms with van der Waals surface area (Å²) in [7, 11) is 0. The predicted molar refractivity (Wildman–Crippen MR) is 110 cm³/mol. The standard InChI is InChI=1S/C22H16N2O4S/c1-12-15-10-9-14-6-3-4-7-16(14)19(15)27-18(12)22(25)26-13(2)20-23-24-21(28-20)17-8-5-11-29-17/h3-11,13H,1-2H3/t13-/m0/s1. The molecule has 144 valence electrons. The fourth-order valence-electron chi connectivity index (χ4n) is 3.31. The second-order valence-corrected chi connectivity index (χ2v) is 7.64. The summed E-state index contributed by atoms with van der Waals surface area (Å²) in [6.07, 6.45) is -0.701. The van der Waals surface area contributed by atoms with Gasteiger partial charge in [-0.15, -0.1) is 21.5 Å². The number of aryl methyl sites for hydroxylation is 1. The van der Waals surface area contributed by atoms with E-state index in [0.717, 1.165) is 26.6 Å². The van der Waals surface area contributed by atoms with E-state index in [9.17, 15) is 4.79 Å². The molecule has 0 saturated carbocycles. The van der Waals surface area contributed by atoms with E-state index < -0.39 is 12.1 Å². The van der Waals surface area contributed by atoms with Gasteiger partial charge in [0.2, 0.25) is 5.76 Å². The first kappa shape index (κ1) is 17.6. The lowest BCUT2D eigenvalue weighted by Gasteiger charge is -2.08. The van der Waals surface area contributed by atoms with Gasteiger partial charge in [0, 0.05) is 16.3 Å². The number of hydrogen-bond donors (Lipinski definition) is 0. The molecule has 0 spiro atoms. The lowest BCUT2D eigenvalue weighted by molar-refractivity contribution is 0.0246. The summed E-state index contributed by atoms with van der Waals surface area (Å²) in [5, 5.41) is 12.9. The first-order valence-corrected chi connectivity index (χ1v) is 9.99. The molecular formula is C22H16N2O4S. The summed E-state index contributed by atoms with van der Waals surface area (Å²) in [5.74, 6) is 0.262. The SMILES string of the molecule is Cc1c(C(=O)O[C@@H](C)c2nnc(-c3cccs3)o2)oc2c1ccc1ccccc12. The molecule has 0 N–H and O–H groups in total. The number of ether oxygens (including phenoxy) is 1. The van der Waals surface area contributed by atoms with E-state index in [4.69, 9.17) is 13.6 Å². The minimum absolute atomic E-state index is 0.182. The Morgan fingerprint density at radius 1 is 1.03 bits per heavy atom. The molecule has 0 saturated heterocycles. The second-order valence-electron chi connectivity index (χ2n) is 6.69. The van der Waals surface area contributed by atoms with E-state index in [1.54, 1.807) is 6.92 Å². The molecule has 2 aromatic carbocycles. The van der Waals surface area contributed by atoms with Crippen LogP contribution in [0, 0.1) is 6.92 Å². The Labute approximate surface area is 169 Å². The zero-order valence-corrected chi connectivity index (χ0v) is 16.5. The van der Waals surface area contributed by atoms with Crippen LogP contribution >= 0.6 is 11.3 Å². The first-order chi connectivity index (χ1) is 14.1. The molecule has 0 fully saturated rings. The number of carbonyl (C=O) groups is 1. The van der Waals surface area contributed by atoms with Crippen LogP contribution in [0.1, 0.15) is 35.0 Å².